The third kappa shape index (κ3) is 3.17. The summed E-state index contributed by atoms with van der Waals surface area (Å²) >= 11 is 0. The van der Waals surface area contributed by atoms with Gasteiger partial charge in [-0.25, -0.2) is 0 Å². The number of rotatable bonds is 7. The molecule has 4 aliphatic rings. The molecule has 0 aliphatic heterocycles. The van der Waals surface area contributed by atoms with Crippen LogP contribution in [0, 0.1) is 44.3 Å². The van der Waals surface area contributed by atoms with Crippen molar-refractivity contribution >= 4 is 23.7 Å². The molecule has 0 heterocycles. The van der Waals surface area contributed by atoms with Gasteiger partial charge in [0.05, 0.1) is 0 Å². The average molecular weight is 535 g/mol. The first-order valence-electron chi connectivity index (χ1n) is 15.4. The van der Waals surface area contributed by atoms with E-state index >= 15 is 9.59 Å². The zero-order chi connectivity index (χ0) is 28.6. The Balaban J connectivity index is 1.56. The van der Waals surface area contributed by atoms with Crippen LogP contribution in [0.1, 0.15) is 91.2 Å². The molecule has 0 amide bonds. The van der Waals surface area contributed by atoms with Crippen LogP contribution in [0.4, 0.5) is 0 Å². The summed E-state index contributed by atoms with van der Waals surface area (Å²) in [6.45, 7) is 13.7. The van der Waals surface area contributed by atoms with Crippen molar-refractivity contribution in [2.24, 2.45) is 44.3 Å². The lowest BCUT2D eigenvalue weighted by Gasteiger charge is -2.55. The van der Waals surface area contributed by atoms with Crippen molar-refractivity contribution in [1.29, 1.82) is 0 Å². The maximum atomic E-state index is 15.2. The summed E-state index contributed by atoms with van der Waals surface area (Å²) in [5, 5.41) is 0. The molecule has 4 saturated carbocycles. The van der Waals surface area contributed by atoms with E-state index in [9.17, 15) is 0 Å². The van der Waals surface area contributed by atoms with Gasteiger partial charge in [0.25, 0.3) is 0 Å². The van der Waals surface area contributed by atoms with Gasteiger partial charge in [-0.15, -0.1) is 0 Å². The Morgan fingerprint density at radius 3 is 1.25 bits per heavy atom. The van der Waals surface area contributed by atoms with E-state index in [1.165, 1.54) is 0 Å². The third-order valence-corrected chi connectivity index (χ3v) is 13.4. The zero-order valence-electron chi connectivity index (χ0n) is 25.3. The summed E-state index contributed by atoms with van der Waals surface area (Å²) in [7, 11) is 0. The highest BCUT2D eigenvalue weighted by atomic mass is 16.1. The number of carbonyl (C=O) groups excluding carboxylic acids is 2. The Morgan fingerprint density at radius 1 is 0.600 bits per heavy atom. The molecule has 4 fully saturated rings. The van der Waals surface area contributed by atoms with Gasteiger partial charge in [-0.2, -0.15) is 0 Å². The van der Waals surface area contributed by atoms with Crippen molar-refractivity contribution in [3.63, 3.8) is 0 Å². The van der Waals surface area contributed by atoms with Crippen molar-refractivity contribution in [3.8, 4) is 0 Å². The first kappa shape index (κ1) is 27.4. The maximum Gasteiger partial charge on any atom is 0.147 e. The normalized spacial score (nSPS) is 39.2. The van der Waals surface area contributed by atoms with Crippen LogP contribution < -0.4 is 0 Å². The number of ketones is 2. The van der Waals surface area contributed by atoms with Crippen molar-refractivity contribution in [2.75, 3.05) is 0 Å². The summed E-state index contributed by atoms with van der Waals surface area (Å²) in [5.41, 5.74) is -0.211. The Morgan fingerprint density at radius 2 is 0.950 bits per heavy atom. The van der Waals surface area contributed by atoms with Crippen molar-refractivity contribution < 1.29 is 9.59 Å². The van der Waals surface area contributed by atoms with Gasteiger partial charge < -0.3 is 0 Å². The minimum atomic E-state index is -0.701. The van der Waals surface area contributed by atoms with E-state index in [0.29, 0.717) is 24.4 Å². The molecule has 0 spiro atoms. The molecule has 0 N–H and O–H groups in total. The number of Topliss-reactive ketones (excluding diaryl/α,β-unsaturated/α-hetero) is 2. The highest BCUT2D eigenvalue weighted by Gasteiger charge is 2.85. The molecule has 2 heteroatoms. The molecule has 2 aromatic rings. The van der Waals surface area contributed by atoms with Crippen LogP contribution in [0.3, 0.4) is 0 Å². The number of carbonyl (C=O) groups is 2. The summed E-state index contributed by atoms with van der Waals surface area (Å²) in [5.74, 6) is 1.11. The van der Waals surface area contributed by atoms with Crippen LogP contribution in [0.5, 0.6) is 0 Å². The average Bonchev–Trinajstić information content (AvgIpc) is 3.42. The molecule has 0 saturated heterocycles. The molecule has 2 aromatic carbocycles. The van der Waals surface area contributed by atoms with Crippen molar-refractivity contribution in [3.05, 3.63) is 83.9 Å². The molecule has 0 radical (unpaired) electrons. The Bertz CT molecular complexity index is 1270. The lowest BCUT2D eigenvalue weighted by atomic mass is 9.45. The zero-order valence-corrected chi connectivity index (χ0v) is 25.3. The summed E-state index contributed by atoms with van der Waals surface area (Å²) in [6.07, 6.45) is 14.0. The minimum absolute atomic E-state index is 0.145. The summed E-state index contributed by atoms with van der Waals surface area (Å²) in [6, 6.07) is 20.7. The number of hydrogen-bond acceptors (Lipinski definition) is 2. The quantitative estimate of drug-likeness (QED) is 0.355. The van der Waals surface area contributed by atoms with Crippen LogP contribution in [-0.2, 0) is 9.59 Å². The maximum absolute atomic E-state index is 15.2. The first-order chi connectivity index (χ1) is 18.9. The van der Waals surface area contributed by atoms with Gasteiger partial charge in [-0.05, 0) is 72.3 Å². The SMILES string of the molecule is CC1(C)[C@@H]2CC[C@@]1(C)C(=O)[C@@]2(C/C=C\c1ccccc1)[C@]1(C/C=C\c2ccccc2)C(=O)[C@@]2(C)CC[C@H]1C2(C)C. The predicted molar refractivity (Wildman–Crippen MR) is 164 cm³/mol. The molecule has 0 aromatic heterocycles. The molecular weight excluding hydrogens is 488 g/mol. The molecule has 4 aliphatic carbocycles. The van der Waals surface area contributed by atoms with Crippen LogP contribution in [-0.4, -0.2) is 11.6 Å². The number of benzene rings is 2. The van der Waals surface area contributed by atoms with Crippen molar-refractivity contribution in [2.45, 2.75) is 80.1 Å². The van der Waals surface area contributed by atoms with Crippen LogP contribution in [0.25, 0.3) is 12.2 Å². The van der Waals surface area contributed by atoms with Crippen LogP contribution >= 0.6 is 0 Å². The fraction of sp³-hybridized carbons (Fsp3) is 0.526. The van der Waals surface area contributed by atoms with Gasteiger partial charge in [-0.1, -0.05) is 127 Å². The molecule has 2 nitrogen and oxygen atoms in total. The van der Waals surface area contributed by atoms with E-state index in [-0.39, 0.29) is 22.7 Å². The van der Waals surface area contributed by atoms with Crippen LogP contribution in [0.2, 0.25) is 0 Å². The molecule has 0 unspecified atom stereocenters. The van der Waals surface area contributed by atoms with E-state index in [2.05, 4.69) is 114 Å². The monoisotopic (exact) mass is 534 g/mol. The van der Waals surface area contributed by atoms with E-state index < -0.39 is 21.7 Å². The number of allylic oxidation sites excluding steroid dienone is 2. The Labute approximate surface area is 241 Å². The molecule has 6 rings (SSSR count). The second-order valence-electron chi connectivity index (χ2n) is 14.9. The Kier molecular flexibility index (Phi) is 6.09. The standard InChI is InChI=1S/C38H46O2/c1-33(2)29-21-25-35(33,5)31(39)37(29,23-13-19-27-15-9-7-10-16-27)38(24-14-20-28-17-11-8-12-18-28)30-22-26-36(6,32(38)40)34(30,3)4/h7-20,29-30H,21-26H2,1-6H3/b19-13-,20-14-/t29-,30-,35-,36+,37-,38-/m0/s1. The second-order valence-corrected chi connectivity index (χ2v) is 14.9. The van der Waals surface area contributed by atoms with Crippen molar-refractivity contribution in [1.82, 2.24) is 0 Å². The highest BCUT2D eigenvalue weighted by Crippen LogP contribution is 2.83. The van der Waals surface area contributed by atoms with Gasteiger partial charge in [0.15, 0.2) is 0 Å². The number of hydrogen-bond donors (Lipinski definition) is 0. The summed E-state index contributed by atoms with van der Waals surface area (Å²) in [4.78, 5) is 30.4. The number of fused-ring (bicyclic) bond motifs is 4. The van der Waals surface area contributed by atoms with E-state index in [4.69, 9.17) is 0 Å². The third-order valence-electron chi connectivity index (χ3n) is 13.4. The highest BCUT2D eigenvalue weighted by molar-refractivity contribution is 6.05. The van der Waals surface area contributed by atoms with Crippen LogP contribution in [0.15, 0.2) is 72.8 Å². The summed E-state index contributed by atoms with van der Waals surface area (Å²) < 4.78 is 0. The van der Waals surface area contributed by atoms with E-state index in [1.807, 2.05) is 12.1 Å². The van der Waals surface area contributed by atoms with E-state index in [0.717, 1.165) is 36.8 Å². The Hall–Kier alpha value is -2.74. The van der Waals surface area contributed by atoms with Gasteiger partial charge in [0.1, 0.15) is 11.6 Å². The molecule has 4 bridgehead atoms. The van der Waals surface area contributed by atoms with Gasteiger partial charge >= 0.3 is 0 Å². The molecular formula is C38H46O2. The fourth-order valence-electron chi connectivity index (χ4n) is 10.6. The van der Waals surface area contributed by atoms with Gasteiger partial charge in [-0.3, -0.25) is 9.59 Å². The first-order valence-corrected chi connectivity index (χ1v) is 15.4. The lowest BCUT2D eigenvalue weighted by Crippen LogP contribution is -2.59. The van der Waals surface area contributed by atoms with Gasteiger partial charge in [0, 0.05) is 21.7 Å². The van der Waals surface area contributed by atoms with E-state index in [1.54, 1.807) is 0 Å². The van der Waals surface area contributed by atoms with Gasteiger partial charge in [0.2, 0.25) is 0 Å². The molecule has 40 heavy (non-hydrogen) atoms. The topological polar surface area (TPSA) is 34.1 Å². The second kappa shape index (κ2) is 8.88. The molecule has 6 atom stereocenters. The minimum Gasteiger partial charge on any atom is -0.298 e. The fourth-order valence-corrected chi connectivity index (χ4v) is 10.6. The predicted octanol–water partition coefficient (Wildman–Crippen LogP) is 9.22. The smallest absolute Gasteiger partial charge is 0.147 e. The lowest BCUT2D eigenvalue weighted by molar-refractivity contribution is -0.163. The molecule has 210 valence electrons. The largest absolute Gasteiger partial charge is 0.298 e.